The Labute approximate surface area is 691 Å². The summed E-state index contributed by atoms with van der Waals surface area (Å²) in [5.41, 5.74) is 18.6. The summed E-state index contributed by atoms with van der Waals surface area (Å²) in [6.45, 7) is 1.86. The van der Waals surface area contributed by atoms with Gasteiger partial charge in [0.05, 0.1) is 23.9 Å². The number of fused-ring (bicyclic) bond motifs is 3. The molecule has 8 aromatic rings. The number of Topliss-reactive ketones (excluding diaryl/α,β-unsaturated/α-hetero) is 1. The molecule has 29 nitrogen and oxygen atoms in total. The van der Waals surface area contributed by atoms with Crippen molar-refractivity contribution in [3.63, 3.8) is 0 Å². The molecule has 634 valence electrons. The zero-order chi connectivity index (χ0) is 84.7. The summed E-state index contributed by atoms with van der Waals surface area (Å²) in [5, 5.41) is 60.3. The lowest BCUT2D eigenvalue weighted by Crippen LogP contribution is -2.62. The van der Waals surface area contributed by atoms with Gasteiger partial charge in [0.1, 0.15) is 53.6 Å². The van der Waals surface area contributed by atoms with E-state index in [1.54, 1.807) is 85.1 Å². The average Bonchev–Trinajstić information content (AvgIpc) is 1.67. The number of ketones is 1. The number of aliphatic hydroxyl groups is 1. The smallest absolute Gasteiger partial charge is 0.245 e. The molecule has 3 aliphatic rings. The summed E-state index contributed by atoms with van der Waals surface area (Å²) in [7, 11) is -2.05. The fourth-order valence-corrected chi connectivity index (χ4v) is 18.1. The second-order valence-electron chi connectivity index (χ2n) is 31.9. The van der Waals surface area contributed by atoms with Crippen molar-refractivity contribution < 1.29 is 66.2 Å². The van der Waals surface area contributed by atoms with Crippen molar-refractivity contribution >= 4 is 90.6 Å². The number of likely N-dealkylation sites (N-methyl/N-ethyl adjacent to an activating group) is 1. The first-order valence-electron chi connectivity index (χ1n) is 41.0. The second-order valence-corrected chi connectivity index (χ2v) is 34.0. The van der Waals surface area contributed by atoms with E-state index < -0.39 is 135 Å². The number of nitrogens with one attached hydrogen (secondary N) is 13. The molecule has 19 N–H and O–H groups in total. The molecule has 13 atom stereocenters. The largest absolute Gasteiger partial charge is 0.508 e. The minimum Gasteiger partial charge on any atom is -0.508 e. The number of aromatic hydroxyl groups is 1. The number of carbonyl (C=O) groups is 9. The number of guanidine groups is 1. The Kier molecular flexibility index (Phi) is 31.5. The number of aromatic nitrogens is 2. The number of nitrogens with two attached hydrogens (primary N) is 2. The summed E-state index contributed by atoms with van der Waals surface area (Å²) in [5.74, 6) is -9.57. The van der Waals surface area contributed by atoms with Crippen LogP contribution in [0.25, 0.3) is 21.8 Å². The normalized spacial score (nSPS) is 23.1. The molecule has 2 fully saturated rings. The number of halogens is 1. The van der Waals surface area contributed by atoms with Crippen LogP contribution in [0.1, 0.15) is 122 Å². The molecule has 0 unspecified atom stereocenters. The quantitative estimate of drug-likeness (QED) is 0.0195. The molecule has 1 aliphatic carbocycles. The number of sulfone groups is 1. The Morgan fingerprint density at radius 2 is 1.18 bits per heavy atom. The third-order valence-corrected chi connectivity index (χ3v) is 24.3. The van der Waals surface area contributed by atoms with Crippen molar-refractivity contribution in [3.05, 3.63) is 209 Å². The number of likely N-dealkylation sites (tertiary alicyclic amines) is 1. The molecule has 11 rings (SSSR count). The van der Waals surface area contributed by atoms with E-state index in [-0.39, 0.29) is 145 Å². The van der Waals surface area contributed by atoms with Gasteiger partial charge in [0.15, 0.2) is 21.6 Å². The zero-order valence-electron chi connectivity index (χ0n) is 67.1. The SMILES string of the molecule is C[C@@H](O)[C@@H]1NC(=O)[C@H](CCCCN)NC(=O)[C@@H](Cc2c[nH]c3ccccc23)NC(=O)[C@H](Cc2ccccc2)NC(=O)[C@H](Cc2ccccc2)NC(=O)[C@H](CCCNC(=N)N)NC(=O)[C@H](NC[C@H](Cc2ccc(O)cc2)NC(=O)CS(=O)(=O)C[C@@H]2C[C@@H]3c4cccc5[nH]cc(c45)C[C@H]3N(C)C2)CCCCCC(=O)[C@H](Cc2ccc(F)cc2)NC1=O. The highest BCUT2D eigenvalue weighted by atomic mass is 32.2. The van der Waals surface area contributed by atoms with Crippen LogP contribution in [-0.2, 0) is 91.5 Å². The highest BCUT2D eigenvalue weighted by Crippen LogP contribution is 2.45. The van der Waals surface area contributed by atoms with Crippen LogP contribution in [0.15, 0.2) is 164 Å². The van der Waals surface area contributed by atoms with Crippen molar-refractivity contribution in [2.45, 2.75) is 189 Å². The fourth-order valence-electron chi connectivity index (χ4n) is 16.6. The average molecular weight is 1650 g/mol. The highest BCUT2D eigenvalue weighted by Gasteiger charge is 2.42. The monoisotopic (exact) mass is 1650 g/mol. The van der Waals surface area contributed by atoms with Crippen LogP contribution in [0.5, 0.6) is 5.75 Å². The number of phenols is 1. The maximum Gasteiger partial charge on any atom is 0.245 e. The van der Waals surface area contributed by atoms with Crippen molar-refractivity contribution in [2.75, 3.05) is 44.7 Å². The van der Waals surface area contributed by atoms with E-state index >= 15 is 24.0 Å². The summed E-state index contributed by atoms with van der Waals surface area (Å²) < 4.78 is 43.2. The third-order valence-electron chi connectivity index (χ3n) is 22.7. The Bertz CT molecular complexity index is 4940. The Balaban J connectivity index is 0.918. The molecule has 6 aromatic carbocycles. The van der Waals surface area contributed by atoms with Gasteiger partial charge in [-0.15, -0.1) is 0 Å². The summed E-state index contributed by atoms with van der Waals surface area (Å²) in [6, 6.07) is 30.0. The van der Waals surface area contributed by atoms with E-state index in [0.29, 0.717) is 58.1 Å². The number of hydrogen-bond acceptors (Lipinski definition) is 17. The van der Waals surface area contributed by atoms with Gasteiger partial charge in [-0.2, -0.15) is 0 Å². The first kappa shape index (κ1) is 88.4. The summed E-state index contributed by atoms with van der Waals surface area (Å²) in [6.07, 6.45) is 4.15. The van der Waals surface area contributed by atoms with Gasteiger partial charge in [-0.25, -0.2) is 12.8 Å². The highest BCUT2D eigenvalue weighted by molar-refractivity contribution is 7.92. The van der Waals surface area contributed by atoms with Gasteiger partial charge in [-0.3, -0.25) is 48.6 Å². The van der Waals surface area contributed by atoms with Gasteiger partial charge in [0.25, 0.3) is 0 Å². The molecule has 8 amide bonds. The fraction of sp³-hybridized carbons (Fsp3) is 0.432. The number of rotatable bonds is 27. The molecule has 119 heavy (non-hydrogen) atoms. The van der Waals surface area contributed by atoms with Gasteiger partial charge >= 0.3 is 0 Å². The van der Waals surface area contributed by atoms with Crippen molar-refractivity contribution in [1.29, 1.82) is 5.41 Å². The van der Waals surface area contributed by atoms with Crippen molar-refractivity contribution in [2.24, 2.45) is 17.4 Å². The lowest BCUT2D eigenvalue weighted by atomic mass is 9.73. The molecule has 0 spiro atoms. The van der Waals surface area contributed by atoms with Gasteiger partial charge < -0.3 is 89.7 Å². The molecule has 2 aromatic heterocycles. The van der Waals surface area contributed by atoms with E-state index in [1.165, 1.54) is 54.3 Å². The number of carbonyl (C=O) groups excluding carboxylic acids is 9. The number of unbranched alkanes of at least 4 members (excludes halogenated alkanes) is 1. The van der Waals surface area contributed by atoms with E-state index in [9.17, 15) is 42.2 Å². The minimum absolute atomic E-state index is 0.0117. The second kappa shape index (κ2) is 42.3. The van der Waals surface area contributed by atoms with Gasteiger partial charge in [0.2, 0.25) is 47.3 Å². The third kappa shape index (κ3) is 25.3. The maximum absolute atomic E-state index is 15.5. The maximum atomic E-state index is 15.5. The van der Waals surface area contributed by atoms with E-state index in [0.717, 1.165) is 17.5 Å². The number of hydrogen-bond donors (Lipinski definition) is 17. The number of piperidine rings is 1. The van der Waals surface area contributed by atoms with Crippen LogP contribution in [0.3, 0.4) is 0 Å². The molecule has 31 heteroatoms. The lowest BCUT2D eigenvalue weighted by molar-refractivity contribution is -0.136. The lowest BCUT2D eigenvalue weighted by Gasteiger charge is -2.45. The molecule has 2 saturated heterocycles. The van der Waals surface area contributed by atoms with Crippen molar-refractivity contribution in [3.8, 4) is 5.75 Å². The number of H-pyrrole nitrogens is 2. The van der Waals surface area contributed by atoms with Crippen LogP contribution < -0.4 is 64.6 Å². The Morgan fingerprint density at radius 1 is 0.622 bits per heavy atom. The first-order chi connectivity index (χ1) is 57.2. The predicted molar refractivity (Wildman–Crippen MR) is 451 cm³/mol. The van der Waals surface area contributed by atoms with Gasteiger partial charge in [0, 0.05) is 97.5 Å². The molecule has 4 heterocycles. The predicted octanol–water partition coefficient (Wildman–Crippen LogP) is 4.23. The molecule has 0 saturated carbocycles. The van der Waals surface area contributed by atoms with Crippen LogP contribution in [0.2, 0.25) is 0 Å². The Morgan fingerprint density at radius 3 is 1.84 bits per heavy atom. The number of amides is 8. The number of phenolic OH excluding ortho intramolecular Hbond substituents is 1. The van der Waals surface area contributed by atoms with Crippen LogP contribution in [0.4, 0.5) is 4.39 Å². The number of benzene rings is 6. The number of nitrogens with zero attached hydrogens (tertiary/aromatic N) is 1. The van der Waals surface area contributed by atoms with E-state index in [1.807, 2.05) is 43.6 Å². The van der Waals surface area contributed by atoms with Crippen LogP contribution >= 0.6 is 0 Å². The van der Waals surface area contributed by atoms with Gasteiger partial charge in [-0.1, -0.05) is 128 Å². The molecule has 2 aliphatic heterocycles. The number of para-hydroxylation sites is 1. The summed E-state index contributed by atoms with van der Waals surface area (Å²) in [4.78, 5) is 145. The van der Waals surface area contributed by atoms with Crippen molar-refractivity contribution in [1.82, 2.24) is 68.0 Å². The van der Waals surface area contributed by atoms with Crippen LogP contribution in [-0.4, -0.2) is 204 Å². The molecule has 0 bridgehead atoms. The Hall–Kier alpha value is -11.4. The van der Waals surface area contributed by atoms with E-state index in [4.69, 9.17) is 16.9 Å². The molecule has 0 radical (unpaired) electrons. The standard InChI is InChI=1S/C88H111FN16O13S/c1-53(106)80-87(116)100-72(42-57-30-34-61(89)35-31-57)77(108)29-11-5-10-25-69(96-49-62(40-56-32-36-63(107)37-33-56)97-78(109)52-119(117,118)51-58-41-66-65-23-16-27-68-79(65)60(48-95-68)46-76(66)105(2)50-58)81(110)98-71(28-17-39-93-88(91)92)82(111)101-73(43-54-18-6-3-7-19-54)84(113)102-74(44-55-20-8-4-9-21-55)85(114)103-75(45-59-47-94-67-24-13-12-22-64(59)67)86(115)99-70(83(112)104-80)26-14-15-38-90/h3-4,6-9,12-13,16,18-24,27,30-37,47-48,53,58,62,66,69-76,80,94-96,106-107H,5,10-11,14-15,17,25-26,28-29,38-46,49-52,90H2,1-2H3,(H,97,109)(H,98,110)(H,99,115)(H,100,116)(H,101,111)(H,102,113)(H,103,114)(H,104,112)(H4,91,92,93)/t53-,58-,62+,66-,69-,70+,71+,72+,73+,74+,75-,76-,80+/m1/s1. The van der Waals surface area contributed by atoms with E-state index in [2.05, 4.69) is 74.1 Å². The summed E-state index contributed by atoms with van der Waals surface area (Å²) >= 11 is 0. The zero-order valence-corrected chi connectivity index (χ0v) is 67.9. The minimum atomic E-state index is -4.06. The topological polar surface area (TPSA) is 459 Å². The van der Waals surface area contributed by atoms with Gasteiger partial charge in [-0.05, 0) is 172 Å². The number of aromatic amines is 2. The number of aliphatic hydroxyl groups excluding tert-OH is 1. The van der Waals surface area contributed by atoms with Crippen LogP contribution in [0, 0.1) is 17.1 Å². The molecular weight excluding hydrogens is 1540 g/mol. The first-order valence-corrected chi connectivity index (χ1v) is 42.8. The molecular formula is C88H111FN16O13S.